The zero-order valence-electron chi connectivity index (χ0n) is 16.9. The average Bonchev–Trinajstić information content (AvgIpc) is 3.02. The minimum absolute atomic E-state index is 0.0410. The molecule has 0 radical (unpaired) electrons. The van der Waals surface area contributed by atoms with Crippen LogP contribution in [0.25, 0.3) is 10.2 Å². The van der Waals surface area contributed by atoms with Crippen molar-refractivity contribution in [3.63, 3.8) is 0 Å². The fourth-order valence-electron chi connectivity index (χ4n) is 3.91. The largest absolute Gasteiger partial charge is 0.350 e. The fraction of sp³-hybridized carbons (Fsp3) is 0.409. The van der Waals surface area contributed by atoms with Crippen molar-refractivity contribution >= 4 is 39.0 Å². The second kappa shape index (κ2) is 7.51. The highest BCUT2D eigenvalue weighted by atomic mass is 32.1. The molecule has 1 atom stereocenters. The van der Waals surface area contributed by atoms with E-state index < -0.39 is 0 Å². The summed E-state index contributed by atoms with van der Waals surface area (Å²) in [5.74, 6) is 1.53. The van der Waals surface area contributed by atoms with Gasteiger partial charge in [0.15, 0.2) is 0 Å². The average molecular weight is 395 g/mol. The van der Waals surface area contributed by atoms with Crippen LogP contribution >= 0.6 is 11.3 Å². The SMILES string of the molecule is Cc1cccc(NC(=O)CN(C)c2ncnc3sc4c(c23)CC[C@H](C)C4)c1C. The van der Waals surface area contributed by atoms with E-state index in [1.165, 1.54) is 22.4 Å². The first kappa shape index (κ1) is 18.9. The van der Waals surface area contributed by atoms with Crippen LogP contribution < -0.4 is 10.2 Å². The van der Waals surface area contributed by atoms with E-state index in [9.17, 15) is 4.79 Å². The molecule has 0 unspecified atom stereocenters. The van der Waals surface area contributed by atoms with E-state index in [4.69, 9.17) is 0 Å². The molecule has 6 heteroatoms. The summed E-state index contributed by atoms with van der Waals surface area (Å²) in [5.41, 5.74) is 4.52. The summed E-state index contributed by atoms with van der Waals surface area (Å²) in [6.07, 6.45) is 5.00. The van der Waals surface area contributed by atoms with Crippen molar-refractivity contribution in [3.8, 4) is 0 Å². The predicted molar refractivity (Wildman–Crippen MR) is 116 cm³/mol. The van der Waals surface area contributed by atoms with Crippen molar-refractivity contribution in [1.29, 1.82) is 0 Å². The summed E-state index contributed by atoms with van der Waals surface area (Å²) >= 11 is 1.78. The third-order valence-electron chi connectivity index (χ3n) is 5.69. The molecule has 4 rings (SSSR count). The number of rotatable bonds is 4. The number of anilines is 2. The second-order valence-corrected chi connectivity index (χ2v) is 8.96. The van der Waals surface area contributed by atoms with Gasteiger partial charge in [-0.05, 0) is 61.8 Å². The van der Waals surface area contributed by atoms with Gasteiger partial charge in [-0.3, -0.25) is 4.79 Å². The van der Waals surface area contributed by atoms with Crippen molar-refractivity contribution in [1.82, 2.24) is 9.97 Å². The van der Waals surface area contributed by atoms with E-state index in [0.717, 1.165) is 46.0 Å². The first-order valence-electron chi connectivity index (χ1n) is 9.76. The van der Waals surface area contributed by atoms with E-state index in [1.807, 2.05) is 31.0 Å². The molecule has 1 aromatic carbocycles. The number of hydrogen-bond donors (Lipinski definition) is 1. The smallest absolute Gasteiger partial charge is 0.243 e. The molecule has 1 amide bonds. The Kier molecular flexibility index (Phi) is 5.06. The molecule has 2 aromatic heterocycles. The molecule has 0 saturated carbocycles. The highest BCUT2D eigenvalue weighted by Gasteiger charge is 2.24. The minimum Gasteiger partial charge on any atom is -0.350 e. The number of benzene rings is 1. The number of nitrogens with one attached hydrogen (secondary N) is 1. The molecule has 1 aliphatic rings. The molecule has 1 N–H and O–H groups in total. The molecule has 0 fully saturated rings. The number of nitrogens with zero attached hydrogens (tertiary/aromatic N) is 3. The second-order valence-electron chi connectivity index (χ2n) is 7.88. The van der Waals surface area contributed by atoms with Crippen molar-refractivity contribution in [2.45, 2.75) is 40.0 Å². The summed E-state index contributed by atoms with van der Waals surface area (Å²) in [6.45, 7) is 6.64. The molecule has 2 heterocycles. The Bertz CT molecular complexity index is 1040. The van der Waals surface area contributed by atoms with Crippen LogP contribution in [0.3, 0.4) is 0 Å². The monoisotopic (exact) mass is 394 g/mol. The van der Waals surface area contributed by atoms with Crippen LogP contribution in [0.4, 0.5) is 11.5 Å². The standard InChI is InChI=1S/C22H26N4OS/c1-13-8-9-16-18(10-13)28-22-20(16)21(23-12-24-22)26(4)11-19(27)25-17-7-5-6-14(2)15(17)3/h5-7,12-13H,8-11H2,1-4H3,(H,25,27)/t13-/m0/s1. The third kappa shape index (κ3) is 3.49. The van der Waals surface area contributed by atoms with Crippen LogP contribution in [0.5, 0.6) is 0 Å². The van der Waals surface area contributed by atoms with Crippen molar-refractivity contribution in [3.05, 3.63) is 46.1 Å². The first-order chi connectivity index (χ1) is 13.4. The van der Waals surface area contributed by atoms with Crippen LogP contribution in [-0.2, 0) is 17.6 Å². The van der Waals surface area contributed by atoms with E-state index >= 15 is 0 Å². The molecule has 5 nitrogen and oxygen atoms in total. The number of fused-ring (bicyclic) bond motifs is 3. The lowest BCUT2D eigenvalue weighted by molar-refractivity contribution is -0.114. The number of thiophene rings is 1. The van der Waals surface area contributed by atoms with Crippen LogP contribution in [0.15, 0.2) is 24.5 Å². The minimum atomic E-state index is -0.0410. The molecule has 0 aliphatic heterocycles. The number of carbonyl (C=O) groups excluding carboxylic acids is 1. The number of aromatic nitrogens is 2. The molecule has 0 bridgehead atoms. The number of likely N-dealkylation sites (N-methyl/N-ethyl adjacent to an activating group) is 1. The zero-order chi connectivity index (χ0) is 19.8. The summed E-state index contributed by atoms with van der Waals surface area (Å²) < 4.78 is 0. The zero-order valence-corrected chi connectivity index (χ0v) is 17.7. The molecule has 1 aliphatic carbocycles. The summed E-state index contributed by atoms with van der Waals surface area (Å²) in [7, 11) is 1.93. The molecule has 3 aromatic rings. The highest BCUT2D eigenvalue weighted by Crippen LogP contribution is 2.40. The summed E-state index contributed by atoms with van der Waals surface area (Å²) in [6, 6.07) is 5.96. The van der Waals surface area contributed by atoms with Gasteiger partial charge < -0.3 is 10.2 Å². The molecular formula is C22H26N4OS. The number of carbonyl (C=O) groups is 1. The van der Waals surface area contributed by atoms with Gasteiger partial charge in [0.2, 0.25) is 5.91 Å². The van der Waals surface area contributed by atoms with Crippen LogP contribution in [-0.4, -0.2) is 29.5 Å². The topological polar surface area (TPSA) is 58.1 Å². The predicted octanol–water partition coefficient (Wildman–Crippen LogP) is 4.51. The van der Waals surface area contributed by atoms with Gasteiger partial charge in [-0.2, -0.15) is 0 Å². The summed E-state index contributed by atoms with van der Waals surface area (Å²) in [5, 5.41) is 4.18. The van der Waals surface area contributed by atoms with E-state index in [1.54, 1.807) is 17.7 Å². The number of hydrogen-bond acceptors (Lipinski definition) is 5. The molecular weight excluding hydrogens is 368 g/mol. The van der Waals surface area contributed by atoms with Crippen LogP contribution in [0, 0.1) is 19.8 Å². The van der Waals surface area contributed by atoms with Gasteiger partial charge in [-0.1, -0.05) is 19.1 Å². The Morgan fingerprint density at radius 3 is 2.96 bits per heavy atom. The quantitative estimate of drug-likeness (QED) is 0.707. The fourth-order valence-corrected chi connectivity index (χ4v) is 5.26. The maximum atomic E-state index is 12.7. The van der Waals surface area contributed by atoms with Gasteiger partial charge in [0.25, 0.3) is 0 Å². The normalized spacial score (nSPS) is 16.1. The van der Waals surface area contributed by atoms with Gasteiger partial charge in [-0.25, -0.2) is 9.97 Å². The van der Waals surface area contributed by atoms with Crippen LogP contribution in [0.1, 0.15) is 34.9 Å². The number of amides is 1. The molecule has 0 saturated heterocycles. The Hall–Kier alpha value is -2.47. The van der Waals surface area contributed by atoms with Crippen molar-refractivity contribution < 1.29 is 4.79 Å². The van der Waals surface area contributed by atoms with E-state index in [-0.39, 0.29) is 12.5 Å². The Labute approximate surface area is 169 Å². The van der Waals surface area contributed by atoms with Gasteiger partial charge >= 0.3 is 0 Å². The van der Waals surface area contributed by atoms with Crippen LogP contribution in [0.2, 0.25) is 0 Å². The Morgan fingerprint density at radius 1 is 1.32 bits per heavy atom. The van der Waals surface area contributed by atoms with E-state index in [2.05, 4.69) is 35.2 Å². The lowest BCUT2D eigenvalue weighted by Gasteiger charge is -2.21. The Morgan fingerprint density at radius 2 is 2.14 bits per heavy atom. The maximum Gasteiger partial charge on any atom is 0.243 e. The third-order valence-corrected chi connectivity index (χ3v) is 6.86. The van der Waals surface area contributed by atoms with Crippen molar-refractivity contribution in [2.75, 3.05) is 23.8 Å². The first-order valence-corrected chi connectivity index (χ1v) is 10.6. The summed E-state index contributed by atoms with van der Waals surface area (Å²) in [4.78, 5) is 26.1. The van der Waals surface area contributed by atoms with Crippen molar-refractivity contribution in [2.24, 2.45) is 5.92 Å². The van der Waals surface area contributed by atoms with Gasteiger partial charge in [0.1, 0.15) is 17.0 Å². The van der Waals surface area contributed by atoms with Gasteiger partial charge in [-0.15, -0.1) is 11.3 Å². The molecule has 28 heavy (non-hydrogen) atoms. The molecule has 146 valence electrons. The van der Waals surface area contributed by atoms with Gasteiger partial charge in [0.05, 0.1) is 11.9 Å². The van der Waals surface area contributed by atoms with E-state index in [0.29, 0.717) is 0 Å². The lowest BCUT2D eigenvalue weighted by Crippen LogP contribution is -2.31. The maximum absolute atomic E-state index is 12.7. The lowest BCUT2D eigenvalue weighted by atomic mass is 9.89. The number of aryl methyl sites for hydroxylation is 2. The van der Waals surface area contributed by atoms with Gasteiger partial charge in [0, 0.05) is 17.6 Å². The molecule has 0 spiro atoms. The Balaban J connectivity index is 1.58. The highest BCUT2D eigenvalue weighted by molar-refractivity contribution is 7.19.